The fourth-order valence-electron chi connectivity index (χ4n) is 3.19. The van der Waals surface area contributed by atoms with E-state index in [2.05, 4.69) is 10.6 Å². The lowest BCUT2D eigenvalue weighted by molar-refractivity contribution is -0.123. The molecule has 2 aromatic rings. The predicted molar refractivity (Wildman–Crippen MR) is 113 cm³/mol. The van der Waals surface area contributed by atoms with Crippen molar-refractivity contribution in [3.8, 4) is 5.75 Å². The zero-order valence-electron chi connectivity index (χ0n) is 16.1. The van der Waals surface area contributed by atoms with E-state index < -0.39 is 5.97 Å². The number of carbonyl (C=O) groups is 2. The lowest BCUT2D eigenvalue weighted by Crippen LogP contribution is -2.38. The average Bonchev–Trinajstić information content (AvgIpc) is 2.98. The molecule has 0 spiro atoms. The Hall–Kier alpha value is -2.32. The van der Waals surface area contributed by atoms with Gasteiger partial charge in [-0.1, -0.05) is 35.3 Å². The van der Waals surface area contributed by atoms with E-state index in [1.165, 1.54) is 12.1 Å². The smallest absolute Gasteiger partial charge is 0.335 e. The number of hydrogen-bond donors (Lipinski definition) is 3. The van der Waals surface area contributed by atoms with Crippen LogP contribution in [0.15, 0.2) is 42.5 Å². The number of aromatic carboxylic acids is 1. The summed E-state index contributed by atoms with van der Waals surface area (Å²) in [5.74, 6) is -1.07. The third-order valence-electron chi connectivity index (χ3n) is 4.70. The van der Waals surface area contributed by atoms with Crippen LogP contribution in [0.1, 0.15) is 22.0 Å². The molecule has 3 N–H and O–H groups in total. The maximum atomic E-state index is 12.3. The van der Waals surface area contributed by atoms with Crippen molar-refractivity contribution in [3.05, 3.63) is 63.6 Å². The van der Waals surface area contributed by atoms with E-state index in [1.54, 1.807) is 24.3 Å². The number of benzene rings is 2. The van der Waals surface area contributed by atoms with Gasteiger partial charge in [0.15, 0.2) is 6.61 Å². The van der Waals surface area contributed by atoms with Gasteiger partial charge in [0.1, 0.15) is 5.75 Å². The Morgan fingerprint density at radius 1 is 1.20 bits per heavy atom. The highest BCUT2D eigenvalue weighted by molar-refractivity contribution is 6.42. The molecule has 1 aliphatic rings. The zero-order valence-corrected chi connectivity index (χ0v) is 17.6. The van der Waals surface area contributed by atoms with Crippen LogP contribution < -0.4 is 15.4 Å². The molecule has 2 atom stereocenters. The number of amides is 1. The molecule has 2 unspecified atom stereocenters. The molecule has 2 aromatic carbocycles. The molecule has 160 valence electrons. The molecule has 1 fully saturated rings. The van der Waals surface area contributed by atoms with Crippen LogP contribution in [0.2, 0.25) is 10.0 Å². The summed E-state index contributed by atoms with van der Waals surface area (Å²) in [5.41, 5.74) is 0.994. The molecule has 0 bridgehead atoms. The van der Waals surface area contributed by atoms with Crippen LogP contribution in [-0.2, 0) is 9.53 Å². The highest BCUT2D eigenvalue weighted by Gasteiger charge is 2.27. The maximum Gasteiger partial charge on any atom is 0.335 e. The minimum atomic E-state index is -1.06. The first-order chi connectivity index (χ1) is 14.4. The summed E-state index contributed by atoms with van der Waals surface area (Å²) in [5, 5.41) is 16.1. The van der Waals surface area contributed by atoms with Gasteiger partial charge >= 0.3 is 5.97 Å². The van der Waals surface area contributed by atoms with Gasteiger partial charge in [-0.15, -0.1) is 0 Å². The van der Waals surface area contributed by atoms with E-state index in [9.17, 15) is 9.59 Å². The number of hydrogen-bond acceptors (Lipinski definition) is 5. The number of carboxylic acid groups (broad SMARTS) is 1. The first-order valence-corrected chi connectivity index (χ1v) is 10.2. The van der Waals surface area contributed by atoms with E-state index in [-0.39, 0.29) is 30.1 Å². The topological polar surface area (TPSA) is 96.9 Å². The maximum absolute atomic E-state index is 12.3. The Morgan fingerprint density at radius 3 is 2.80 bits per heavy atom. The highest BCUT2D eigenvalue weighted by Crippen LogP contribution is 2.31. The van der Waals surface area contributed by atoms with Crippen molar-refractivity contribution in [1.82, 2.24) is 10.6 Å². The third-order valence-corrected chi connectivity index (χ3v) is 5.43. The van der Waals surface area contributed by atoms with E-state index in [1.807, 2.05) is 6.07 Å². The van der Waals surface area contributed by atoms with Gasteiger partial charge in [-0.25, -0.2) is 4.79 Å². The molecule has 9 heteroatoms. The number of nitrogens with one attached hydrogen (secondary N) is 2. The summed E-state index contributed by atoms with van der Waals surface area (Å²) in [7, 11) is 0. The number of carbonyl (C=O) groups excluding carboxylic acids is 1. The van der Waals surface area contributed by atoms with Gasteiger partial charge in [0.2, 0.25) is 0 Å². The van der Waals surface area contributed by atoms with E-state index in [4.69, 9.17) is 37.8 Å². The van der Waals surface area contributed by atoms with Crippen LogP contribution in [0, 0.1) is 5.92 Å². The van der Waals surface area contributed by atoms with Gasteiger partial charge < -0.3 is 25.2 Å². The van der Waals surface area contributed by atoms with Gasteiger partial charge in [0.05, 0.1) is 28.3 Å². The number of rotatable bonds is 7. The van der Waals surface area contributed by atoms with Crippen molar-refractivity contribution in [3.63, 3.8) is 0 Å². The predicted octanol–water partition coefficient (Wildman–Crippen LogP) is 3.16. The Balaban J connectivity index is 1.58. The Bertz CT molecular complexity index is 909. The second-order valence-electron chi connectivity index (χ2n) is 6.85. The van der Waals surface area contributed by atoms with Crippen molar-refractivity contribution < 1.29 is 24.2 Å². The van der Waals surface area contributed by atoms with E-state index in [0.717, 1.165) is 5.56 Å². The summed E-state index contributed by atoms with van der Waals surface area (Å²) >= 11 is 12.2. The number of carboxylic acids is 1. The molecule has 1 saturated heterocycles. The Kier molecular flexibility index (Phi) is 7.93. The van der Waals surface area contributed by atoms with Crippen molar-refractivity contribution in [2.45, 2.75) is 6.10 Å². The minimum absolute atomic E-state index is 0.0240. The highest BCUT2D eigenvalue weighted by atomic mass is 35.5. The molecule has 1 aliphatic heterocycles. The van der Waals surface area contributed by atoms with Crippen LogP contribution in [0.25, 0.3) is 0 Å². The molecule has 1 heterocycles. The SMILES string of the molecule is O=C(COc1cccc(C(=O)O)c1)NCC1CNCCOC1c1ccc(Cl)c(Cl)c1. The van der Waals surface area contributed by atoms with E-state index >= 15 is 0 Å². The van der Waals surface area contributed by atoms with Crippen molar-refractivity contribution in [2.75, 3.05) is 32.8 Å². The lowest BCUT2D eigenvalue weighted by atomic mass is 9.95. The third kappa shape index (κ3) is 6.09. The molecule has 0 aromatic heterocycles. The quantitative estimate of drug-likeness (QED) is 0.596. The van der Waals surface area contributed by atoms with Gasteiger partial charge in [-0.3, -0.25) is 4.79 Å². The lowest BCUT2D eigenvalue weighted by Gasteiger charge is -2.25. The largest absolute Gasteiger partial charge is 0.484 e. The molecule has 1 amide bonds. The molecule has 30 heavy (non-hydrogen) atoms. The average molecular weight is 453 g/mol. The Morgan fingerprint density at radius 2 is 2.03 bits per heavy atom. The zero-order chi connectivity index (χ0) is 21.5. The van der Waals surface area contributed by atoms with Crippen LogP contribution >= 0.6 is 23.2 Å². The fraction of sp³-hybridized carbons (Fsp3) is 0.333. The fourth-order valence-corrected chi connectivity index (χ4v) is 3.50. The molecule has 7 nitrogen and oxygen atoms in total. The van der Waals surface area contributed by atoms with Crippen LogP contribution in [0.5, 0.6) is 5.75 Å². The first kappa shape index (κ1) is 22.4. The van der Waals surface area contributed by atoms with Crippen molar-refractivity contribution in [1.29, 1.82) is 0 Å². The molecule has 0 radical (unpaired) electrons. The number of ether oxygens (including phenoxy) is 2. The molecular formula is C21H22Cl2N2O5. The van der Waals surface area contributed by atoms with Crippen LogP contribution in [-0.4, -0.2) is 49.8 Å². The van der Waals surface area contributed by atoms with E-state index in [0.29, 0.717) is 42.0 Å². The Labute approximate surface area is 184 Å². The molecule has 0 saturated carbocycles. The summed E-state index contributed by atoms with van der Waals surface area (Å²) < 4.78 is 11.4. The van der Waals surface area contributed by atoms with Gasteiger partial charge in [-0.05, 0) is 35.9 Å². The molecule has 3 rings (SSSR count). The molecule has 0 aliphatic carbocycles. The minimum Gasteiger partial charge on any atom is -0.484 e. The first-order valence-electron chi connectivity index (χ1n) is 9.44. The van der Waals surface area contributed by atoms with Crippen molar-refractivity contribution >= 4 is 35.1 Å². The van der Waals surface area contributed by atoms with Crippen LogP contribution in [0.4, 0.5) is 0 Å². The second kappa shape index (κ2) is 10.6. The van der Waals surface area contributed by atoms with Gasteiger partial charge in [0, 0.05) is 25.6 Å². The van der Waals surface area contributed by atoms with Crippen molar-refractivity contribution in [2.24, 2.45) is 5.92 Å². The summed E-state index contributed by atoms with van der Waals surface area (Å²) in [6.07, 6.45) is -0.247. The normalized spacial score (nSPS) is 19.0. The molecular weight excluding hydrogens is 431 g/mol. The number of halogens is 2. The van der Waals surface area contributed by atoms with Crippen LogP contribution in [0.3, 0.4) is 0 Å². The monoisotopic (exact) mass is 452 g/mol. The standard InChI is InChI=1S/C21H22Cl2N2O5/c22-17-5-4-13(9-18(17)23)20-15(10-24-6-7-29-20)11-25-19(26)12-30-16-3-1-2-14(8-16)21(27)28/h1-5,8-9,15,20,24H,6-7,10-12H2,(H,25,26)(H,27,28). The summed E-state index contributed by atoms with van der Waals surface area (Å²) in [6, 6.07) is 11.4. The second-order valence-corrected chi connectivity index (χ2v) is 7.67. The van der Waals surface area contributed by atoms with Gasteiger partial charge in [-0.2, -0.15) is 0 Å². The summed E-state index contributed by atoms with van der Waals surface area (Å²) in [6.45, 7) is 2.06. The van der Waals surface area contributed by atoms with Gasteiger partial charge in [0.25, 0.3) is 5.91 Å². The summed E-state index contributed by atoms with van der Waals surface area (Å²) in [4.78, 5) is 23.3.